The molecule has 0 bridgehead atoms. The van der Waals surface area contributed by atoms with Crippen molar-refractivity contribution in [1.82, 2.24) is 20.8 Å². The zero-order chi connectivity index (χ0) is 24.6. The molecule has 35 heavy (non-hydrogen) atoms. The second-order valence-corrected chi connectivity index (χ2v) is 8.55. The van der Waals surface area contributed by atoms with Gasteiger partial charge in [-0.05, 0) is 24.1 Å². The summed E-state index contributed by atoms with van der Waals surface area (Å²) in [6, 6.07) is 21.4. The van der Waals surface area contributed by atoms with Crippen LogP contribution in [-0.4, -0.2) is 46.1 Å². The number of nitrogens with one attached hydrogen (secondary N) is 2. The maximum absolute atomic E-state index is 13.4. The molecule has 178 valence electrons. The molecule has 2 aromatic heterocycles. The monoisotopic (exact) mass is 488 g/mol. The van der Waals surface area contributed by atoms with E-state index in [0.29, 0.717) is 11.4 Å². The Kier molecular flexibility index (Phi) is 7.94. The van der Waals surface area contributed by atoms with Gasteiger partial charge in [0.05, 0.1) is 18.7 Å². The van der Waals surface area contributed by atoms with Crippen molar-refractivity contribution in [3.63, 3.8) is 0 Å². The van der Waals surface area contributed by atoms with Crippen LogP contribution in [0.4, 0.5) is 0 Å². The van der Waals surface area contributed by atoms with Crippen molar-refractivity contribution in [3.8, 4) is 22.0 Å². The van der Waals surface area contributed by atoms with Gasteiger partial charge in [0.25, 0.3) is 11.8 Å². The molecule has 0 aliphatic carbocycles. The van der Waals surface area contributed by atoms with Crippen LogP contribution in [0.25, 0.3) is 22.0 Å². The van der Waals surface area contributed by atoms with E-state index in [1.165, 1.54) is 18.4 Å². The van der Waals surface area contributed by atoms with Crippen molar-refractivity contribution in [2.45, 2.75) is 18.6 Å². The van der Waals surface area contributed by atoms with Crippen LogP contribution in [0.2, 0.25) is 0 Å². The van der Waals surface area contributed by atoms with E-state index in [9.17, 15) is 14.7 Å². The number of amides is 2. The summed E-state index contributed by atoms with van der Waals surface area (Å²) >= 11 is 1.46. The maximum Gasteiger partial charge on any atom is 0.274 e. The van der Waals surface area contributed by atoms with Gasteiger partial charge in [0, 0.05) is 17.1 Å². The molecule has 2 amide bonds. The number of aliphatic hydroxyl groups is 1. The predicted octanol–water partition coefficient (Wildman–Crippen LogP) is 3.25. The number of rotatable bonds is 9. The highest BCUT2D eigenvalue weighted by Crippen LogP contribution is 2.29. The van der Waals surface area contributed by atoms with Gasteiger partial charge in [-0.1, -0.05) is 60.7 Å². The molecular weight excluding hydrogens is 464 g/mol. The van der Waals surface area contributed by atoms with Gasteiger partial charge in [-0.3, -0.25) is 19.4 Å². The predicted molar refractivity (Wildman–Crippen MR) is 133 cm³/mol. The largest absolute Gasteiger partial charge is 0.381 e. The van der Waals surface area contributed by atoms with E-state index >= 15 is 0 Å². The minimum absolute atomic E-state index is 0.231. The molecule has 9 heteroatoms. The third-order valence-electron chi connectivity index (χ3n) is 5.29. The lowest BCUT2D eigenvalue weighted by Crippen LogP contribution is -2.51. The molecule has 0 saturated carbocycles. The van der Waals surface area contributed by atoms with Crippen LogP contribution >= 0.6 is 11.3 Å². The molecule has 4 rings (SSSR count). The molecule has 8 nitrogen and oxygen atoms in total. The smallest absolute Gasteiger partial charge is 0.274 e. The van der Waals surface area contributed by atoms with Crippen molar-refractivity contribution in [3.05, 3.63) is 95.5 Å². The fourth-order valence-electron chi connectivity index (χ4n) is 3.59. The summed E-state index contributed by atoms with van der Waals surface area (Å²) in [5.74, 6) is -1.24. The van der Waals surface area contributed by atoms with E-state index in [2.05, 4.69) is 25.6 Å². The van der Waals surface area contributed by atoms with E-state index in [-0.39, 0.29) is 12.0 Å². The Labute approximate surface area is 206 Å². The fraction of sp³-hybridized carbons (Fsp3) is 0.154. The van der Waals surface area contributed by atoms with Crippen LogP contribution in [0.15, 0.2) is 84.4 Å². The highest BCUT2D eigenvalue weighted by Gasteiger charge is 2.29. The number of hydrogen-bond donors (Lipinski definition) is 3. The molecule has 0 saturated heterocycles. The molecule has 2 aromatic carbocycles. The molecule has 2 unspecified atom stereocenters. The molecule has 0 aliphatic heterocycles. The normalized spacial score (nSPS) is 12.5. The average Bonchev–Trinajstić information content (AvgIpc) is 3.39. The van der Waals surface area contributed by atoms with Crippen molar-refractivity contribution in [2.24, 2.45) is 0 Å². The molecule has 0 fully saturated rings. The van der Waals surface area contributed by atoms with Gasteiger partial charge in [0.15, 0.2) is 6.10 Å². The Morgan fingerprint density at radius 2 is 1.74 bits per heavy atom. The average molecular weight is 489 g/mol. The van der Waals surface area contributed by atoms with Gasteiger partial charge in [-0.15, -0.1) is 11.3 Å². The topological polar surface area (TPSA) is 113 Å². The molecule has 0 aliphatic rings. The van der Waals surface area contributed by atoms with Gasteiger partial charge >= 0.3 is 0 Å². The number of aromatic nitrogens is 2. The van der Waals surface area contributed by atoms with Crippen LogP contribution in [-0.2, 0) is 16.1 Å². The zero-order valence-electron chi connectivity index (χ0n) is 18.9. The number of carbonyl (C=O) groups is 2. The van der Waals surface area contributed by atoms with E-state index in [1.54, 1.807) is 18.3 Å². The van der Waals surface area contributed by atoms with Gasteiger partial charge in [0.2, 0.25) is 0 Å². The Balaban J connectivity index is 1.60. The number of carbonyl (C=O) groups excluding carboxylic acids is 2. The minimum atomic E-state index is -1.54. The van der Waals surface area contributed by atoms with Crippen LogP contribution in [0.3, 0.4) is 0 Å². The quantitative estimate of drug-likeness (QED) is 0.312. The third-order valence-corrected chi connectivity index (χ3v) is 6.18. The lowest BCUT2D eigenvalue weighted by Gasteiger charge is -2.23. The Hall–Kier alpha value is -3.92. The first kappa shape index (κ1) is 24.2. The summed E-state index contributed by atoms with van der Waals surface area (Å²) in [6.45, 7) is 0. The minimum Gasteiger partial charge on any atom is -0.381 e. The van der Waals surface area contributed by atoms with Crippen molar-refractivity contribution in [2.75, 3.05) is 7.11 Å². The number of aliphatic hydroxyl groups excluding tert-OH is 1. The number of nitrogens with zero attached hydrogens (tertiary/aromatic N) is 2. The number of benzene rings is 2. The number of pyridine rings is 1. The number of hydroxylamine groups is 1. The summed E-state index contributed by atoms with van der Waals surface area (Å²) in [4.78, 5) is 39.3. The lowest BCUT2D eigenvalue weighted by atomic mass is 10.00. The van der Waals surface area contributed by atoms with Crippen LogP contribution in [0, 0.1) is 0 Å². The summed E-state index contributed by atoms with van der Waals surface area (Å²) in [5.41, 5.74) is 5.21. The molecule has 4 aromatic rings. The van der Waals surface area contributed by atoms with Crippen LogP contribution < -0.4 is 10.8 Å². The van der Waals surface area contributed by atoms with E-state index in [4.69, 9.17) is 0 Å². The molecule has 2 atom stereocenters. The number of thiazole rings is 1. The zero-order valence-corrected chi connectivity index (χ0v) is 19.7. The van der Waals surface area contributed by atoms with Crippen LogP contribution in [0.5, 0.6) is 0 Å². The van der Waals surface area contributed by atoms with Crippen molar-refractivity contribution in [1.29, 1.82) is 0 Å². The van der Waals surface area contributed by atoms with E-state index < -0.39 is 24.0 Å². The first-order valence-corrected chi connectivity index (χ1v) is 11.8. The summed E-state index contributed by atoms with van der Waals surface area (Å²) in [7, 11) is 1.27. The summed E-state index contributed by atoms with van der Waals surface area (Å²) < 4.78 is 0. The molecule has 2 heterocycles. The second-order valence-electron chi connectivity index (χ2n) is 7.69. The molecule has 0 spiro atoms. The summed E-state index contributed by atoms with van der Waals surface area (Å²) in [5, 5.41) is 16.1. The SMILES string of the molecule is CONC(=O)C(O)C(Cc1ccccc1)NC(=O)c1cccnc1-c1csc(-c2ccccc2)n1. The van der Waals surface area contributed by atoms with Gasteiger partial charge in [0.1, 0.15) is 16.4 Å². The first-order valence-electron chi connectivity index (χ1n) is 10.9. The lowest BCUT2D eigenvalue weighted by molar-refractivity contribution is -0.141. The number of hydrogen-bond acceptors (Lipinski definition) is 7. The Bertz CT molecular complexity index is 1280. The Morgan fingerprint density at radius 3 is 2.46 bits per heavy atom. The van der Waals surface area contributed by atoms with E-state index in [0.717, 1.165) is 16.1 Å². The first-order chi connectivity index (χ1) is 17.1. The van der Waals surface area contributed by atoms with Crippen molar-refractivity contribution >= 4 is 23.2 Å². The fourth-order valence-corrected chi connectivity index (χ4v) is 4.40. The molecular formula is C26H24N4O4S. The third kappa shape index (κ3) is 5.96. The standard InChI is InChI=1S/C26H24N4O4S/c1-34-30-25(33)23(31)20(15-17-9-4-2-5-10-17)28-24(32)19-13-8-14-27-22(19)21-16-35-26(29-21)18-11-6-3-7-12-18/h2-14,16,20,23,31H,15H2,1H3,(H,28,32)(H,30,33). The maximum atomic E-state index is 13.4. The highest BCUT2D eigenvalue weighted by molar-refractivity contribution is 7.13. The van der Waals surface area contributed by atoms with Crippen molar-refractivity contribution < 1.29 is 19.5 Å². The van der Waals surface area contributed by atoms with Crippen LogP contribution in [0.1, 0.15) is 15.9 Å². The Morgan fingerprint density at radius 1 is 1.03 bits per heavy atom. The second kappa shape index (κ2) is 11.5. The van der Waals surface area contributed by atoms with Gasteiger partial charge in [-0.25, -0.2) is 10.5 Å². The van der Waals surface area contributed by atoms with Gasteiger partial charge < -0.3 is 10.4 Å². The molecule has 0 radical (unpaired) electrons. The molecule has 3 N–H and O–H groups in total. The van der Waals surface area contributed by atoms with E-state index in [1.807, 2.05) is 66.0 Å². The summed E-state index contributed by atoms with van der Waals surface area (Å²) in [6.07, 6.45) is 0.286. The van der Waals surface area contributed by atoms with Gasteiger partial charge in [-0.2, -0.15) is 0 Å². The highest BCUT2D eigenvalue weighted by atomic mass is 32.1.